The minimum atomic E-state index is -3.53. The molecule has 0 saturated heterocycles. The maximum Gasteiger partial charge on any atom is 0.255 e. The SMILES string of the molecule is CNS(=O)(=O)c1ccc(CNC(=O)c2cccc3c(=O)c(C)c(-c4ccccc4)oc23)s1. The van der Waals surface area contributed by atoms with Crippen molar-refractivity contribution in [1.82, 2.24) is 10.0 Å². The highest BCUT2D eigenvalue weighted by Crippen LogP contribution is 2.27. The van der Waals surface area contributed by atoms with Crippen LogP contribution in [0.15, 0.2) is 74.1 Å². The molecule has 4 rings (SSSR count). The molecule has 0 saturated carbocycles. The van der Waals surface area contributed by atoms with Crippen LogP contribution in [0.4, 0.5) is 0 Å². The van der Waals surface area contributed by atoms with Crippen LogP contribution in [0.1, 0.15) is 20.8 Å². The minimum Gasteiger partial charge on any atom is -0.455 e. The molecule has 9 heteroatoms. The first-order valence-corrected chi connectivity index (χ1v) is 12.0. The Morgan fingerprint density at radius 3 is 2.50 bits per heavy atom. The average Bonchev–Trinajstić information content (AvgIpc) is 3.30. The van der Waals surface area contributed by atoms with Gasteiger partial charge in [0.05, 0.1) is 17.5 Å². The summed E-state index contributed by atoms with van der Waals surface area (Å²) in [6.45, 7) is 1.84. The fourth-order valence-corrected chi connectivity index (χ4v) is 5.45. The zero-order valence-electron chi connectivity index (χ0n) is 17.3. The number of nitrogens with one attached hydrogen (secondary N) is 2. The zero-order valence-corrected chi connectivity index (χ0v) is 19.0. The van der Waals surface area contributed by atoms with E-state index in [1.807, 2.05) is 30.3 Å². The number of rotatable bonds is 6. The van der Waals surface area contributed by atoms with Crippen molar-refractivity contribution in [1.29, 1.82) is 0 Å². The quantitative estimate of drug-likeness (QED) is 0.449. The van der Waals surface area contributed by atoms with E-state index < -0.39 is 15.9 Å². The topological polar surface area (TPSA) is 105 Å². The first-order valence-electron chi connectivity index (χ1n) is 9.74. The molecule has 0 aliphatic carbocycles. The summed E-state index contributed by atoms with van der Waals surface area (Å²) in [6.07, 6.45) is 0. The number of hydrogen-bond donors (Lipinski definition) is 2. The van der Waals surface area contributed by atoms with Gasteiger partial charge in [-0.05, 0) is 38.2 Å². The predicted octanol–water partition coefficient (Wildman–Crippen LogP) is 3.67. The van der Waals surface area contributed by atoms with Crippen LogP contribution in [-0.4, -0.2) is 21.4 Å². The number of sulfonamides is 1. The number of thiophene rings is 1. The van der Waals surface area contributed by atoms with Gasteiger partial charge in [0, 0.05) is 16.0 Å². The second-order valence-corrected chi connectivity index (χ2v) is 10.3. The van der Waals surface area contributed by atoms with Crippen LogP contribution in [0.2, 0.25) is 0 Å². The van der Waals surface area contributed by atoms with Gasteiger partial charge in [-0.1, -0.05) is 36.4 Å². The third-order valence-corrected chi connectivity index (χ3v) is 8.01. The van der Waals surface area contributed by atoms with E-state index >= 15 is 0 Å². The van der Waals surface area contributed by atoms with Gasteiger partial charge in [-0.3, -0.25) is 9.59 Å². The summed E-state index contributed by atoms with van der Waals surface area (Å²) in [5, 5.41) is 3.10. The Labute approximate surface area is 188 Å². The van der Waals surface area contributed by atoms with Crippen LogP contribution in [0.3, 0.4) is 0 Å². The van der Waals surface area contributed by atoms with Crippen molar-refractivity contribution < 1.29 is 17.6 Å². The first-order chi connectivity index (χ1) is 15.3. The third kappa shape index (κ3) is 4.10. The summed E-state index contributed by atoms with van der Waals surface area (Å²) < 4.78 is 32.3. The lowest BCUT2D eigenvalue weighted by Crippen LogP contribution is -2.23. The number of carbonyl (C=O) groups is 1. The molecule has 7 nitrogen and oxygen atoms in total. The summed E-state index contributed by atoms with van der Waals surface area (Å²) >= 11 is 1.07. The van der Waals surface area contributed by atoms with Gasteiger partial charge in [0.15, 0.2) is 11.0 Å². The van der Waals surface area contributed by atoms with E-state index in [4.69, 9.17) is 4.42 Å². The van der Waals surface area contributed by atoms with Crippen molar-refractivity contribution >= 4 is 38.2 Å². The summed E-state index contributed by atoms with van der Waals surface area (Å²) in [6, 6.07) is 17.2. The fraction of sp³-hybridized carbons (Fsp3) is 0.130. The molecule has 32 heavy (non-hydrogen) atoms. The Bertz CT molecular complexity index is 1470. The van der Waals surface area contributed by atoms with Crippen LogP contribution in [-0.2, 0) is 16.6 Å². The largest absolute Gasteiger partial charge is 0.455 e. The lowest BCUT2D eigenvalue weighted by atomic mass is 10.0. The van der Waals surface area contributed by atoms with Crippen LogP contribution < -0.4 is 15.5 Å². The Kier molecular flexibility index (Phi) is 5.96. The molecule has 2 heterocycles. The number of para-hydroxylation sites is 1. The van der Waals surface area contributed by atoms with Crippen LogP contribution >= 0.6 is 11.3 Å². The molecule has 0 aliphatic heterocycles. The monoisotopic (exact) mass is 468 g/mol. The number of amides is 1. The van der Waals surface area contributed by atoms with E-state index in [0.29, 0.717) is 21.6 Å². The number of carbonyl (C=O) groups excluding carboxylic acids is 1. The molecule has 0 spiro atoms. The summed E-state index contributed by atoms with van der Waals surface area (Å²) in [4.78, 5) is 26.6. The van der Waals surface area contributed by atoms with Crippen molar-refractivity contribution in [2.45, 2.75) is 17.7 Å². The maximum absolute atomic E-state index is 12.9. The summed E-state index contributed by atoms with van der Waals surface area (Å²) in [5.41, 5.74) is 1.47. The molecule has 2 N–H and O–H groups in total. The molecular formula is C23H20N2O5S2. The lowest BCUT2D eigenvalue weighted by molar-refractivity contribution is 0.0952. The van der Waals surface area contributed by atoms with Crippen molar-refractivity contribution in [2.24, 2.45) is 0 Å². The molecule has 0 bridgehead atoms. The highest BCUT2D eigenvalue weighted by Gasteiger charge is 2.19. The van der Waals surface area contributed by atoms with Gasteiger partial charge in [0.2, 0.25) is 10.0 Å². The average molecular weight is 469 g/mol. The Morgan fingerprint density at radius 2 is 1.78 bits per heavy atom. The van der Waals surface area contributed by atoms with Crippen molar-refractivity contribution in [2.75, 3.05) is 7.05 Å². The molecular weight excluding hydrogens is 448 g/mol. The molecule has 0 atom stereocenters. The van der Waals surface area contributed by atoms with Crippen LogP contribution in [0.5, 0.6) is 0 Å². The van der Waals surface area contributed by atoms with E-state index in [1.165, 1.54) is 13.1 Å². The Balaban J connectivity index is 1.68. The second-order valence-electron chi connectivity index (χ2n) is 7.04. The van der Waals surface area contributed by atoms with Gasteiger partial charge < -0.3 is 9.73 Å². The molecule has 2 aromatic heterocycles. The minimum absolute atomic E-state index is 0.140. The lowest BCUT2D eigenvalue weighted by Gasteiger charge is -2.10. The van der Waals surface area contributed by atoms with Crippen molar-refractivity contribution in [3.05, 3.63) is 86.9 Å². The molecule has 4 aromatic rings. The molecule has 2 aromatic carbocycles. The van der Waals surface area contributed by atoms with Gasteiger partial charge in [-0.2, -0.15) is 0 Å². The van der Waals surface area contributed by atoms with Gasteiger partial charge in [0.25, 0.3) is 5.91 Å². The van der Waals surface area contributed by atoms with Crippen LogP contribution in [0, 0.1) is 6.92 Å². The highest BCUT2D eigenvalue weighted by atomic mass is 32.2. The molecule has 0 unspecified atom stereocenters. The van der Waals surface area contributed by atoms with Gasteiger partial charge in [0.1, 0.15) is 9.97 Å². The Morgan fingerprint density at radius 1 is 1.03 bits per heavy atom. The smallest absolute Gasteiger partial charge is 0.255 e. The van der Waals surface area contributed by atoms with E-state index in [0.717, 1.165) is 16.9 Å². The predicted molar refractivity (Wildman–Crippen MR) is 124 cm³/mol. The standard InChI is InChI=1S/C23H20N2O5S2/c1-14-20(26)17-9-6-10-18(22(17)30-21(14)15-7-4-3-5-8-15)23(27)25-13-16-11-12-19(31-16)32(28,29)24-2/h3-12,24H,13H2,1-2H3,(H,25,27). The number of benzene rings is 2. The van der Waals surface area contributed by atoms with Crippen molar-refractivity contribution in [3.8, 4) is 11.3 Å². The summed E-state index contributed by atoms with van der Waals surface area (Å²) in [5.74, 6) is -0.00319. The maximum atomic E-state index is 12.9. The normalized spacial score (nSPS) is 11.6. The zero-order chi connectivity index (χ0) is 22.9. The van der Waals surface area contributed by atoms with E-state index in [-0.39, 0.29) is 27.3 Å². The van der Waals surface area contributed by atoms with E-state index in [2.05, 4.69) is 10.0 Å². The highest BCUT2D eigenvalue weighted by molar-refractivity contribution is 7.91. The van der Waals surface area contributed by atoms with E-state index in [9.17, 15) is 18.0 Å². The first kappa shape index (κ1) is 21.9. The number of hydrogen-bond acceptors (Lipinski definition) is 6. The van der Waals surface area contributed by atoms with Gasteiger partial charge in [-0.25, -0.2) is 13.1 Å². The Hall–Kier alpha value is -3.27. The number of fused-ring (bicyclic) bond motifs is 1. The summed E-state index contributed by atoms with van der Waals surface area (Å²) in [7, 11) is -2.19. The van der Waals surface area contributed by atoms with Crippen molar-refractivity contribution in [3.63, 3.8) is 0 Å². The third-order valence-electron chi connectivity index (χ3n) is 5.02. The van der Waals surface area contributed by atoms with Crippen LogP contribution in [0.25, 0.3) is 22.3 Å². The molecule has 0 fully saturated rings. The van der Waals surface area contributed by atoms with Gasteiger partial charge >= 0.3 is 0 Å². The van der Waals surface area contributed by atoms with Gasteiger partial charge in [-0.15, -0.1) is 11.3 Å². The molecule has 1 amide bonds. The molecule has 0 radical (unpaired) electrons. The van der Waals surface area contributed by atoms with E-state index in [1.54, 1.807) is 31.2 Å². The molecule has 0 aliphatic rings. The second kappa shape index (κ2) is 8.70. The fourth-order valence-electron chi connectivity index (χ4n) is 3.31. The molecule has 164 valence electrons.